The Kier molecular flexibility index (Phi) is 4.24. The van der Waals surface area contributed by atoms with Gasteiger partial charge in [0.15, 0.2) is 0 Å². The van der Waals surface area contributed by atoms with Crippen molar-refractivity contribution >= 4 is 11.9 Å². The van der Waals surface area contributed by atoms with Crippen LogP contribution in [0, 0.1) is 0 Å². The van der Waals surface area contributed by atoms with Gasteiger partial charge in [0, 0.05) is 26.0 Å². The van der Waals surface area contributed by atoms with Crippen molar-refractivity contribution in [3.8, 4) is 0 Å². The zero-order valence-electron chi connectivity index (χ0n) is 12.5. The van der Waals surface area contributed by atoms with E-state index >= 15 is 0 Å². The molecule has 3 rings (SSSR count). The molecule has 5 nitrogen and oxygen atoms in total. The van der Waals surface area contributed by atoms with E-state index in [1.807, 2.05) is 30.3 Å². The van der Waals surface area contributed by atoms with E-state index in [4.69, 9.17) is 9.47 Å². The Hall–Kier alpha value is -2.14. The average molecular weight is 301 g/mol. The molecule has 1 fully saturated rings. The highest BCUT2D eigenvalue weighted by Gasteiger charge is 2.45. The summed E-state index contributed by atoms with van der Waals surface area (Å²) < 4.78 is 11.3. The first-order chi connectivity index (χ1) is 10.6. The third-order valence-electron chi connectivity index (χ3n) is 4.05. The predicted octanol–water partition coefficient (Wildman–Crippen LogP) is 1.67. The summed E-state index contributed by atoms with van der Waals surface area (Å²) in [4.78, 5) is 25.0. The number of hydrogen-bond acceptors (Lipinski definition) is 4. The van der Waals surface area contributed by atoms with Crippen LogP contribution in [0.2, 0.25) is 0 Å². The Labute approximate surface area is 129 Å². The van der Waals surface area contributed by atoms with E-state index in [-0.39, 0.29) is 30.1 Å². The first-order valence-corrected chi connectivity index (χ1v) is 7.46. The monoisotopic (exact) mass is 301 g/mol. The number of benzene rings is 1. The molecular formula is C17H19NO4. The van der Waals surface area contributed by atoms with Gasteiger partial charge < -0.3 is 14.4 Å². The van der Waals surface area contributed by atoms with Gasteiger partial charge in [-0.15, -0.1) is 0 Å². The minimum Gasteiger partial charge on any atom is -0.460 e. The number of fused-ring (bicyclic) bond motifs is 1. The largest absolute Gasteiger partial charge is 0.460 e. The van der Waals surface area contributed by atoms with E-state index in [0.29, 0.717) is 19.6 Å². The zero-order valence-corrected chi connectivity index (χ0v) is 12.5. The summed E-state index contributed by atoms with van der Waals surface area (Å²) in [5.41, 5.74) is 1.07. The maximum Gasteiger partial charge on any atom is 0.302 e. The Morgan fingerprint density at radius 1 is 1.32 bits per heavy atom. The number of carbonyl (C=O) groups is 2. The SMILES string of the molecule is CC(=O)O[C@H]1CCN2C(=O)C=C[C@@H](OCc3ccccc3)C12. The van der Waals surface area contributed by atoms with Crippen LogP contribution >= 0.6 is 0 Å². The molecule has 3 atom stereocenters. The standard InChI is InChI=1S/C17H19NO4/c1-12(19)22-15-9-10-18-16(20)8-7-14(17(15)18)21-11-13-5-3-2-4-6-13/h2-8,14-15,17H,9-11H2,1H3/t14-,15+,17?/m1/s1. The first kappa shape index (κ1) is 14.8. The van der Waals surface area contributed by atoms with Gasteiger partial charge in [-0.3, -0.25) is 9.59 Å². The fourth-order valence-electron chi connectivity index (χ4n) is 3.08. The maximum atomic E-state index is 12.0. The molecule has 1 amide bonds. The van der Waals surface area contributed by atoms with Gasteiger partial charge in [-0.05, 0) is 11.6 Å². The second kappa shape index (κ2) is 6.32. The van der Waals surface area contributed by atoms with Gasteiger partial charge in [0.1, 0.15) is 12.2 Å². The smallest absolute Gasteiger partial charge is 0.302 e. The van der Waals surface area contributed by atoms with E-state index in [1.165, 1.54) is 6.92 Å². The molecule has 1 unspecified atom stereocenters. The van der Waals surface area contributed by atoms with Gasteiger partial charge in [0.05, 0.1) is 12.6 Å². The molecule has 0 radical (unpaired) electrons. The Morgan fingerprint density at radius 2 is 2.09 bits per heavy atom. The van der Waals surface area contributed by atoms with Crippen molar-refractivity contribution in [2.75, 3.05) is 6.54 Å². The molecule has 1 aromatic rings. The minimum atomic E-state index is -0.323. The van der Waals surface area contributed by atoms with Crippen LogP contribution in [0.15, 0.2) is 42.5 Å². The van der Waals surface area contributed by atoms with E-state index in [1.54, 1.807) is 17.1 Å². The third kappa shape index (κ3) is 3.04. The molecule has 0 spiro atoms. The molecule has 0 aliphatic carbocycles. The highest BCUT2D eigenvalue weighted by molar-refractivity contribution is 5.89. The molecule has 116 valence electrons. The fraction of sp³-hybridized carbons (Fsp3) is 0.412. The minimum absolute atomic E-state index is 0.0424. The second-order valence-electron chi connectivity index (χ2n) is 5.58. The van der Waals surface area contributed by atoms with Gasteiger partial charge in [-0.1, -0.05) is 30.3 Å². The molecule has 2 aliphatic heterocycles. The highest BCUT2D eigenvalue weighted by Crippen LogP contribution is 2.29. The molecule has 2 aliphatic rings. The van der Waals surface area contributed by atoms with Crippen molar-refractivity contribution in [2.24, 2.45) is 0 Å². The lowest BCUT2D eigenvalue weighted by atomic mass is 10.0. The van der Waals surface area contributed by atoms with Crippen LogP contribution in [0.4, 0.5) is 0 Å². The Bertz CT molecular complexity index is 584. The third-order valence-corrected chi connectivity index (χ3v) is 4.05. The first-order valence-electron chi connectivity index (χ1n) is 7.46. The molecule has 22 heavy (non-hydrogen) atoms. The van der Waals surface area contributed by atoms with Crippen molar-refractivity contribution in [1.29, 1.82) is 0 Å². The number of hydrogen-bond donors (Lipinski definition) is 0. The number of nitrogens with zero attached hydrogens (tertiary/aromatic N) is 1. The van der Waals surface area contributed by atoms with E-state index in [2.05, 4.69) is 0 Å². The van der Waals surface area contributed by atoms with Crippen molar-refractivity contribution in [1.82, 2.24) is 4.90 Å². The lowest BCUT2D eigenvalue weighted by Crippen LogP contribution is -2.50. The lowest BCUT2D eigenvalue weighted by molar-refractivity contribution is -0.152. The second-order valence-corrected chi connectivity index (χ2v) is 5.58. The van der Waals surface area contributed by atoms with Gasteiger partial charge in [0.2, 0.25) is 5.91 Å². The van der Waals surface area contributed by atoms with Crippen LogP contribution in [0.3, 0.4) is 0 Å². The highest BCUT2D eigenvalue weighted by atomic mass is 16.5. The molecule has 0 aromatic heterocycles. The summed E-state index contributed by atoms with van der Waals surface area (Å²) in [6.45, 7) is 2.45. The predicted molar refractivity (Wildman–Crippen MR) is 79.8 cm³/mol. The van der Waals surface area contributed by atoms with Crippen molar-refractivity contribution < 1.29 is 19.1 Å². The number of esters is 1. The molecule has 1 saturated heterocycles. The molecule has 0 saturated carbocycles. The van der Waals surface area contributed by atoms with E-state index < -0.39 is 0 Å². The van der Waals surface area contributed by atoms with Crippen LogP contribution in [0.5, 0.6) is 0 Å². The molecule has 2 heterocycles. The van der Waals surface area contributed by atoms with Crippen molar-refractivity contribution in [2.45, 2.75) is 38.2 Å². The van der Waals surface area contributed by atoms with Crippen molar-refractivity contribution in [3.05, 3.63) is 48.0 Å². The summed E-state index contributed by atoms with van der Waals surface area (Å²) in [5.74, 6) is -0.366. The van der Waals surface area contributed by atoms with Crippen molar-refractivity contribution in [3.63, 3.8) is 0 Å². The average Bonchev–Trinajstić information content (AvgIpc) is 2.92. The van der Waals surface area contributed by atoms with Gasteiger partial charge >= 0.3 is 5.97 Å². The van der Waals surface area contributed by atoms with Crippen LogP contribution < -0.4 is 0 Å². The number of rotatable bonds is 4. The van der Waals surface area contributed by atoms with Crippen LogP contribution in [-0.2, 0) is 25.7 Å². The van der Waals surface area contributed by atoms with Crippen LogP contribution in [-0.4, -0.2) is 41.6 Å². The number of ether oxygens (including phenoxy) is 2. The Morgan fingerprint density at radius 3 is 2.82 bits per heavy atom. The molecule has 5 heteroatoms. The summed E-state index contributed by atoms with van der Waals surface area (Å²) >= 11 is 0. The van der Waals surface area contributed by atoms with Gasteiger partial charge in [0.25, 0.3) is 0 Å². The Balaban J connectivity index is 1.72. The van der Waals surface area contributed by atoms with Gasteiger partial charge in [-0.2, -0.15) is 0 Å². The van der Waals surface area contributed by atoms with E-state index in [0.717, 1.165) is 5.56 Å². The summed E-state index contributed by atoms with van der Waals surface area (Å²) in [6, 6.07) is 9.63. The molecule has 0 bridgehead atoms. The summed E-state index contributed by atoms with van der Waals surface area (Å²) in [7, 11) is 0. The van der Waals surface area contributed by atoms with Crippen LogP contribution in [0.25, 0.3) is 0 Å². The summed E-state index contributed by atoms with van der Waals surface area (Å²) in [6.07, 6.45) is 3.41. The fourth-order valence-corrected chi connectivity index (χ4v) is 3.08. The topological polar surface area (TPSA) is 55.8 Å². The zero-order chi connectivity index (χ0) is 15.5. The molecule has 1 aromatic carbocycles. The quantitative estimate of drug-likeness (QED) is 0.794. The van der Waals surface area contributed by atoms with E-state index in [9.17, 15) is 9.59 Å². The molecular weight excluding hydrogens is 282 g/mol. The van der Waals surface area contributed by atoms with Gasteiger partial charge in [-0.25, -0.2) is 0 Å². The normalized spacial score (nSPS) is 26.9. The lowest BCUT2D eigenvalue weighted by Gasteiger charge is -2.35. The van der Waals surface area contributed by atoms with Crippen LogP contribution in [0.1, 0.15) is 18.9 Å². The summed E-state index contributed by atoms with van der Waals surface area (Å²) in [5, 5.41) is 0. The number of amides is 1. The number of carbonyl (C=O) groups excluding carboxylic acids is 2. The molecule has 0 N–H and O–H groups in total. The maximum absolute atomic E-state index is 12.0.